The molecule has 7 heteroatoms. The summed E-state index contributed by atoms with van der Waals surface area (Å²) in [6.07, 6.45) is -0.528. The summed E-state index contributed by atoms with van der Waals surface area (Å²) in [5.74, 6) is 1.04. The van der Waals surface area contributed by atoms with Crippen LogP contribution < -0.4 is 9.47 Å². The Labute approximate surface area is 164 Å². The molecule has 0 radical (unpaired) electrons. The van der Waals surface area contributed by atoms with Gasteiger partial charge in [-0.05, 0) is 43.7 Å². The molecule has 2 aromatic rings. The first kappa shape index (κ1) is 20.1. The van der Waals surface area contributed by atoms with Crippen molar-refractivity contribution in [1.29, 1.82) is 0 Å². The Bertz CT molecular complexity index is 834. The number of pyridine rings is 1. The second-order valence-electron chi connectivity index (χ2n) is 6.79. The van der Waals surface area contributed by atoms with Gasteiger partial charge in [0.25, 0.3) is 5.91 Å². The molecule has 1 aliphatic heterocycles. The number of nitrogens with zero attached hydrogens (tertiary/aromatic N) is 2. The van der Waals surface area contributed by atoms with Crippen molar-refractivity contribution in [2.75, 3.05) is 34.0 Å². The lowest BCUT2D eigenvalue weighted by Gasteiger charge is -2.41. The highest BCUT2D eigenvalue weighted by atomic mass is 16.5. The molecule has 1 saturated heterocycles. The fourth-order valence-corrected chi connectivity index (χ4v) is 3.67. The van der Waals surface area contributed by atoms with Gasteiger partial charge in [-0.2, -0.15) is 0 Å². The lowest BCUT2D eigenvalue weighted by Crippen LogP contribution is -2.49. The highest BCUT2D eigenvalue weighted by Crippen LogP contribution is 2.36. The second kappa shape index (κ2) is 8.58. The number of carbonyl (C=O) groups excluding carboxylic acids is 1. The van der Waals surface area contributed by atoms with Gasteiger partial charge in [-0.25, -0.2) is 0 Å². The Morgan fingerprint density at radius 2 is 1.86 bits per heavy atom. The van der Waals surface area contributed by atoms with Crippen LogP contribution in [0.2, 0.25) is 0 Å². The number of methoxy groups -OCH3 is 2. The van der Waals surface area contributed by atoms with Crippen LogP contribution in [0.5, 0.6) is 11.5 Å². The fraction of sp³-hybridized carbons (Fsp3) is 0.429. The molecule has 1 aromatic carbocycles. The van der Waals surface area contributed by atoms with Crippen molar-refractivity contribution in [2.45, 2.75) is 26.0 Å². The number of benzene rings is 1. The third-order valence-corrected chi connectivity index (χ3v) is 4.87. The topological polar surface area (TPSA) is 81.1 Å². The van der Waals surface area contributed by atoms with E-state index in [9.17, 15) is 9.90 Å². The zero-order valence-corrected chi connectivity index (χ0v) is 16.6. The van der Waals surface area contributed by atoms with Crippen LogP contribution in [0, 0.1) is 13.8 Å². The Kier molecular flexibility index (Phi) is 6.16. The van der Waals surface area contributed by atoms with Crippen molar-refractivity contribution in [3.8, 4) is 11.5 Å². The number of amides is 1. The maximum absolute atomic E-state index is 13.3. The fourth-order valence-electron chi connectivity index (χ4n) is 3.67. The Morgan fingerprint density at radius 1 is 1.18 bits per heavy atom. The first-order valence-corrected chi connectivity index (χ1v) is 9.19. The van der Waals surface area contributed by atoms with Crippen LogP contribution in [-0.2, 0) is 4.74 Å². The summed E-state index contributed by atoms with van der Waals surface area (Å²) in [5, 5.41) is 9.88. The third kappa shape index (κ3) is 3.95. The van der Waals surface area contributed by atoms with Crippen molar-refractivity contribution in [3.05, 3.63) is 52.8 Å². The van der Waals surface area contributed by atoms with Crippen LogP contribution in [0.15, 0.2) is 30.3 Å². The van der Waals surface area contributed by atoms with Crippen LogP contribution >= 0.6 is 0 Å². The van der Waals surface area contributed by atoms with E-state index in [4.69, 9.17) is 14.2 Å². The molecule has 3 rings (SSSR count). The monoisotopic (exact) mass is 386 g/mol. The Hall–Kier alpha value is -2.64. The SMILES string of the molecule is COc1ccc([C@@H]2[C@@H](CO)OCCN2C(=O)c2cc(C)nc(C)c2)cc1OC. The van der Waals surface area contributed by atoms with E-state index < -0.39 is 12.1 Å². The molecule has 2 atom stereocenters. The Morgan fingerprint density at radius 3 is 2.46 bits per heavy atom. The van der Waals surface area contributed by atoms with Gasteiger partial charge in [-0.1, -0.05) is 6.07 Å². The normalized spacial score (nSPS) is 19.4. The number of aromatic nitrogens is 1. The maximum atomic E-state index is 13.3. The quantitative estimate of drug-likeness (QED) is 0.849. The second-order valence-corrected chi connectivity index (χ2v) is 6.79. The lowest BCUT2D eigenvalue weighted by atomic mass is 9.96. The average Bonchev–Trinajstić information content (AvgIpc) is 2.71. The number of aliphatic hydroxyl groups is 1. The minimum atomic E-state index is -0.528. The van der Waals surface area contributed by atoms with E-state index in [2.05, 4.69) is 4.98 Å². The average molecular weight is 386 g/mol. The number of rotatable bonds is 5. The van der Waals surface area contributed by atoms with E-state index >= 15 is 0 Å². The standard InChI is InChI=1S/C21H26N2O5/c1-13-9-16(10-14(2)22-13)21(25)23-7-8-28-19(12-24)20(23)15-5-6-17(26-3)18(11-15)27-4/h5-6,9-11,19-20,24H,7-8,12H2,1-4H3/t19-,20-/m1/s1. The largest absolute Gasteiger partial charge is 0.493 e. The minimum Gasteiger partial charge on any atom is -0.493 e. The highest BCUT2D eigenvalue weighted by Gasteiger charge is 2.37. The van der Waals surface area contributed by atoms with E-state index in [0.29, 0.717) is 30.2 Å². The van der Waals surface area contributed by atoms with Crippen molar-refractivity contribution in [3.63, 3.8) is 0 Å². The van der Waals surface area contributed by atoms with Gasteiger partial charge in [-0.15, -0.1) is 0 Å². The van der Waals surface area contributed by atoms with Crippen molar-refractivity contribution in [1.82, 2.24) is 9.88 Å². The summed E-state index contributed by atoms with van der Waals surface area (Å²) < 4.78 is 16.5. The lowest BCUT2D eigenvalue weighted by molar-refractivity contribution is -0.0811. The van der Waals surface area contributed by atoms with Crippen LogP contribution in [-0.4, -0.2) is 61.0 Å². The molecule has 0 spiro atoms. The van der Waals surface area contributed by atoms with E-state index in [-0.39, 0.29) is 12.5 Å². The summed E-state index contributed by atoms with van der Waals surface area (Å²) in [5.41, 5.74) is 2.97. The molecule has 0 bridgehead atoms. The number of carbonyl (C=O) groups is 1. The molecule has 1 amide bonds. The minimum absolute atomic E-state index is 0.116. The number of ether oxygens (including phenoxy) is 3. The molecule has 0 unspecified atom stereocenters. The molecular formula is C21H26N2O5. The van der Waals surface area contributed by atoms with Crippen LogP contribution in [0.3, 0.4) is 0 Å². The number of morpholine rings is 1. The molecule has 1 fully saturated rings. The molecule has 1 aliphatic rings. The zero-order valence-electron chi connectivity index (χ0n) is 16.6. The van der Waals surface area contributed by atoms with Crippen LogP contribution in [0.25, 0.3) is 0 Å². The molecule has 150 valence electrons. The number of aryl methyl sites for hydroxylation is 2. The summed E-state index contributed by atoms with van der Waals surface area (Å²) in [7, 11) is 3.13. The van der Waals surface area contributed by atoms with Gasteiger partial charge in [0, 0.05) is 23.5 Å². The predicted molar refractivity (Wildman–Crippen MR) is 104 cm³/mol. The summed E-state index contributed by atoms with van der Waals surface area (Å²) in [6, 6.07) is 8.60. The summed E-state index contributed by atoms with van der Waals surface area (Å²) in [4.78, 5) is 19.4. The van der Waals surface area contributed by atoms with Crippen molar-refractivity contribution in [2.24, 2.45) is 0 Å². The van der Waals surface area contributed by atoms with Gasteiger partial charge in [0.2, 0.25) is 0 Å². The highest BCUT2D eigenvalue weighted by molar-refractivity contribution is 5.94. The molecule has 1 aromatic heterocycles. The molecule has 7 nitrogen and oxygen atoms in total. The molecule has 28 heavy (non-hydrogen) atoms. The van der Waals surface area contributed by atoms with Gasteiger partial charge in [0.15, 0.2) is 11.5 Å². The van der Waals surface area contributed by atoms with E-state index in [1.165, 1.54) is 0 Å². The van der Waals surface area contributed by atoms with Gasteiger partial charge < -0.3 is 24.2 Å². The van der Waals surface area contributed by atoms with Gasteiger partial charge >= 0.3 is 0 Å². The maximum Gasteiger partial charge on any atom is 0.254 e. The molecule has 1 N–H and O–H groups in total. The Balaban J connectivity index is 2.02. The van der Waals surface area contributed by atoms with E-state index in [1.807, 2.05) is 26.0 Å². The van der Waals surface area contributed by atoms with Gasteiger partial charge in [0.1, 0.15) is 6.10 Å². The van der Waals surface area contributed by atoms with Crippen molar-refractivity contribution < 1.29 is 24.1 Å². The first-order valence-electron chi connectivity index (χ1n) is 9.19. The van der Waals surface area contributed by atoms with E-state index in [1.54, 1.807) is 37.3 Å². The van der Waals surface area contributed by atoms with Crippen molar-refractivity contribution >= 4 is 5.91 Å². The number of aliphatic hydroxyl groups excluding tert-OH is 1. The predicted octanol–water partition coefficient (Wildman–Crippen LogP) is 2.29. The molecule has 0 aliphatic carbocycles. The number of hydrogen-bond donors (Lipinski definition) is 1. The smallest absolute Gasteiger partial charge is 0.254 e. The molecule has 2 heterocycles. The molecular weight excluding hydrogens is 360 g/mol. The summed E-state index contributed by atoms with van der Waals surface area (Å²) >= 11 is 0. The van der Waals surface area contributed by atoms with Gasteiger partial charge in [-0.3, -0.25) is 9.78 Å². The van der Waals surface area contributed by atoms with Gasteiger partial charge in [0.05, 0.1) is 33.5 Å². The third-order valence-electron chi connectivity index (χ3n) is 4.87. The van der Waals surface area contributed by atoms with E-state index in [0.717, 1.165) is 17.0 Å². The zero-order chi connectivity index (χ0) is 20.3. The first-order chi connectivity index (χ1) is 13.5. The van der Waals surface area contributed by atoms with Crippen LogP contribution in [0.4, 0.5) is 0 Å². The molecule has 0 saturated carbocycles. The van der Waals surface area contributed by atoms with Crippen LogP contribution in [0.1, 0.15) is 33.4 Å². The summed E-state index contributed by atoms with van der Waals surface area (Å²) in [6.45, 7) is 4.33. The number of hydrogen-bond acceptors (Lipinski definition) is 6.